The quantitative estimate of drug-likeness (QED) is 0.223. The molecule has 0 N–H and O–H groups in total. The Labute approximate surface area is 262 Å². The molecule has 16 heteroatoms. The highest BCUT2D eigenvalue weighted by molar-refractivity contribution is 7.58. The monoisotopic (exact) mass is 659 g/mol. The fraction of sp³-hybridized carbons (Fsp3) is 0.786. The van der Waals surface area contributed by atoms with Gasteiger partial charge >= 0.3 is 6.09 Å². The summed E-state index contributed by atoms with van der Waals surface area (Å²) >= 11 is 6.49. The molecule has 1 saturated carbocycles. The number of methoxy groups -OCH3 is 1. The minimum absolute atomic E-state index is 0.0519. The molecule has 2 aliphatic heterocycles. The van der Waals surface area contributed by atoms with Crippen molar-refractivity contribution in [3.63, 3.8) is 0 Å². The minimum Gasteiger partial charge on any atom is -0.443 e. The number of anilines is 1. The highest BCUT2D eigenvalue weighted by Crippen LogP contribution is 2.48. The first-order chi connectivity index (χ1) is 20.7. The molecule has 1 aliphatic carbocycles. The van der Waals surface area contributed by atoms with Gasteiger partial charge in [-0.25, -0.2) is 9.48 Å². The molecule has 0 aromatic carbocycles. The Bertz CT molecular complexity index is 1370. The molecule has 44 heavy (non-hydrogen) atoms. The van der Waals surface area contributed by atoms with Crippen LogP contribution in [0.2, 0.25) is 5.28 Å². The standard InChI is InChI=1S/C28H43ClN5O9P/c1-8-39-44(36,15-37-7)16-38-14-19-20-21(42-28(5,6)41-20)24(40-19)34-23-18(13-30-34)22(31-25(29)32-23)33(17-11-9-10-12-17)26(35)43-27(2,3)4/h13,17,19-21,24H,8-12,14-16H2,1-7H3/t19-,20-,21-,24-,44?/m1/s1. The molecule has 3 fully saturated rings. The molecule has 2 aromatic rings. The van der Waals surface area contributed by atoms with Crippen LogP contribution < -0.4 is 4.90 Å². The lowest BCUT2D eigenvalue weighted by Gasteiger charge is -2.31. The normalized spacial score (nSPS) is 26.6. The van der Waals surface area contributed by atoms with Gasteiger partial charge in [0, 0.05) is 13.2 Å². The zero-order chi connectivity index (χ0) is 31.9. The van der Waals surface area contributed by atoms with Crippen molar-refractivity contribution in [1.29, 1.82) is 0 Å². The maximum atomic E-state index is 13.5. The first kappa shape index (κ1) is 33.5. The summed E-state index contributed by atoms with van der Waals surface area (Å²) < 4.78 is 55.6. The highest BCUT2D eigenvalue weighted by Gasteiger charge is 2.56. The van der Waals surface area contributed by atoms with Crippen LogP contribution in [0.15, 0.2) is 6.20 Å². The summed E-state index contributed by atoms with van der Waals surface area (Å²) in [6, 6.07) is -0.103. The van der Waals surface area contributed by atoms with Crippen molar-refractivity contribution in [3.8, 4) is 0 Å². The number of halogens is 1. The largest absolute Gasteiger partial charge is 0.443 e. The Hall–Kier alpha value is -1.90. The molecule has 246 valence electrons. The Kier molecular flexibility index (Phi) is 9.94. The third-order valence-electron chi connectivity index (χ3n) is 7.54. The van der Waals surface area contributed by atoms with Gasteiger partial charge in [0.05, 0.1) is 24.8 Å². The van der Waals surface area contributed by atoms with Crippen molar-refractivity contribution in [2.24, 2.45) is 0 Å². The zero-order valence-corrected chi connectivity index (χ0v) is 28.0. The number of rotatable bonds is 11. The van der Waals surface area contributed by atoms with E-state index in [0.717, 1.165) is 25.7 Å². The molecular formula is C28H43ClN5O9P. The van der Waals surface area contributed by atoms with Crippen molar-refractivity contribution >= 4 is 41.9 Å². The Morgan fingerprint density at radius 2 is 1.89 bits per heavy atom. The summed E-state index contributed by atoms with van der Waals surface area (Å²) in [5.74, 6) is -0.571. The first-order valence-corrected chi connectivity index (χ1v) is 17.3. The van der Waals surface area contributed by atoms with Crippen molar-refractivity contribution in [1.82, 2.24) is 19.7 Å². The Morgan fingerprint density at radius 1 is 1.18 bits per heavy atom. The van der Waals surface area contributed by atoms with Gasteiger partial charge in [0.25, 0.3) is 7.37 Å². The maximum absolute atomic E-state index is 13.5. The number of nitrogens with zero attached hydrogens (tertiary/aromatic N) is 5. The second kappa shape index (κ2) is 13.1. The predicted octanol–water partition coefficient (Wildman–Crippen LogP) is 5.47. The lowest BCUT2D eigenvalue weighted by Crippen LogP contribution is -2.43. The summed E-state index contributed by atoms with van der Waals surface area (Å²) in [5, 5.41) is 5.09. The van der Waals surface area contributed by atoms with E-state index in [2.05, 4.69) is 15.1 Å². The SMILES string of the molecule is CCOP(=O)(COC)COC[C@H]1O[C@@H](n2ncc3c(N(C(=O)OC(C)(C)C)C4CCCC4)nc(Cl)nc32)[C@@H]2OC(C)(C)O[C@@H]21. The van der Waals surface area contributed by atoms with Crippen LogP contribution in [0.1, 0.15) is 73.5 Å². The average molecular weight is 660 g/mol. The Balaban J connectivity index is 1.45. The second-order valence-corrected chi connectivity index (χ2v) is 15.5. The van der Waals surface area contributed by atoms with E-state index in [0.29, 0.717) is 16.9 Å². The van der Waals surface area contributed by atoms with Gasteiger partial charge in [-0.15, -0.1) is 0 Å². The fourth-order valence-electron chi connectivity index (χ4n) is 5.98. The number of hydrogen-bond acceptors (Lipinski definition) is 12. The molecule has 0 radical (unpaired) electrons. The average Bonchev–Trinajstić information content (AvgIpc) is 3.68. The maximum Gasteiger partial charge on any atom is 0.416 e. The topological polar surface area (TPSA) is 146 Å². The number of aromatic nitrogens is 4. The zero-order valence-electron chi connectivity index (χ0n) is 26.4. The summed E-state index contributed by atoms with van der Waals surface area (Å²) in [6.45, 7) is 11.2. The van der Waals surface area contributed by atoms with Crippen LogP contribution in [0, 0.1) is 0 Å². The summed E-state index contributed by atoms with van der Waals surface area (Å²) in [4.78, 5) is 24.1. The van der Waals surface area contributed by atoms with Gasteiger partial charge < -0.3 is 32.9 Å². The van der Waals surface area contributed by atoms with Gasteiger partial charge in [-0.05, 0) is 66.0 Å². The van der Waals surface area contributed by atoms with Crippen molar-refractivity contribution in [2.75, 3.05) is 37.9 Å². The lowest BCUT2D eigenvalue weighted by molar-refractivity contribution is -0.202. The number of carbonyl (C=O) groups is 1. The molecule has 0 bridgehead atoms. The van der Waals surface area contributed by atoms with Gasteiger partial charge in [0.2, 0.25) is 5.28 Å². The molecule has 1 unspecified atom stereocenters. The molecule has 3 aliphatic rings. The smallest absolute Gasteiger partial charge is 0.416 e. The van der Waals surface area contributed by atoms with Crippen LogP contribution in [-0.2, 0) is 37.5 Å². The molecular weight excluding hydrogens is 617 g/mol. The molecule has 4 heterocycles. The van der Waals surface area contributed by atoms with Gasteiger partial charge in [-0.2, -0.15) is 15.1 Å². The molecule has 2 saturated heterocycles. The van der Waals surface area contributed by atoms with E-state index in [4.69, 9.17) is 44.5 Å². The van der Waals surface area contributed by atoms with Crippen LogP contribution in [0.3, 0.4) is 0 Å². The van der Waals surface area contributed by atoms with Crippen LogP contribution in [-0.4, -0.2) is 94.6 Å². The first-order valence-electron chi connectivity index (χ1n) is 15.0. The minimum atomic E-state index is -3.14. The van der Waals surface area contributed by atoms with E-state index in [1.807, 2.05) is 34.6 Å². The summed E-state index contributed by atoms with van der Waals surface area (Å²) in [7, 11) is -1.68. The van der Waals surface area contributed by atoms with E-state index in [1.54, 1.807) is 22.7 Å². The van der Waals surface area contributed by atoms with Gasteiger partial charge in [-0.1, -0.05) is 12.8 Å². The summed E-state index contributed by atoms with van der Waals surface area (Å²) in [5.41, 5.74) is -0.337. The number of ether oxygens (including phenoxy) is 6. The predicted molar refractivity (Wildman–Crippen MR) is 161 cm³/mol. The summed E-state index contributed by atoms with van der Waals surface area (Å²) in [6.07, 6.45) is 2.06. The van der Waals surface area contributed by atoms with Crippen molar-refractivity contribution in [2.45, 2.75) is 109 Å². The van der Waals surface area contributed by atoms with Crippen LogP contribution in [0.25, 0.3) is 11.0 Å². The van der Waals surface area contributed by atoms with E-state index in [1.165, 1.54) is 7.11 Å². The number of fused-ring (bicyclic) bond motifs is 2. The molecule has 5 rings (SSSR count). The number of amides is 1. The van der Waals surface area contributed by atoms with Crippen LogP contribution in [0.4, 0.5) is 10.6 Å². The molecule has 2 aromatic heterocycles. The third kappa shape index (κ3) is 7.23. The lowest BCUT2D eigenvalue weighted by atomic mass is 10.1. The van der Waals surface area contributed by atoms with Crippen molar-refractivity contribution in [3.05, 3.63) is 11.5 Å². The molecule has 0 spiro atoms. The van der Waals surface area contributed by atoms with E-state index in [9.17, 15) is 9.36 Å². The van der Waals surface area contributed by atoms with Crippen LogP contribution >= 0.6 is 19.0 Å². The molecule has 1 amide bonds. The number of carbonyl (C=O) groups excluding carboxylic acids is 1. The van der Waals surface area contributed by atoms with E-state index < -0.39 is 49.4 Å². The van der Waals surface area contributed by atoms with Gasteiger partial charge in [-0.3, -0.25) is 9.46 Å². The second-order valence-electron chi connectivity index (χ2n) is 12.7. The van der Waals surface area contributed by atoms with Crippen LogP contribution in [0.5, 0.6) is 0 Å². The van der Waals surface area contributed by atoms with Gasteiger partial charge in [0.1, 0.15) is 36.6 Å². The highest BCUT2D eigenvalue weighted by atomic mass is 35.5. The van der Waals surface area contributed by atoms with E-state index in [-0.39, 0.29) is 37.2 Å². The fourth-order valence-corrected chi connectivity index (χ4v) is 7.61. The van der Waals surface area contributed by atoms with Gasteiger partial charge in [0.15, 0.2) is 23.5 Å². The van der Waals surface area contributed by atoms with E-state index >= 15 is 0 Å². The third-order valence-corrected chi connectivity index (χ3v) is 9.67. The van der Waals surface area contributed by atoms with Crippen molar-refractivity contribution < 1.29 is 42.3 Å². The molecule has 5 atom stereocenters. The number of hydrogen-bond donors (Lipinski definition) is 0. The molecule has 14 nitrogen and oxygen atoms in total. The Morgan fingerprint density at radius 3 is 2.55 bits per heavy atom.